The standard InChI is InChI=1S/C9H6Cl3N3O/c1-4(10)9-14-8(15-16-9)7-6(12)2-5(11)3-13-7/h2-4H,1H3. The van der Waals surface area contributed by atoms with Gasteiger partial charge < -0.3 is 4.52 Å². The molecule has 0 aliphatic carbocycles. The molecule has 7 heteroatoms. The van der Waals surface area contributed by atoms with E-state index in [0.717, 1.165) is 0 Å². The summed E-state index contributed by atoms with van der Waals surface area (Å²) in [6.45, 7) is 1.73. The summed E-state index contributed by atoms with van der Waals surface area (Å²) in [6, 6.07) is 1.56. The lowest BCUT2D eigenvalue weighted by Gasteiger charge is -1.97. The molecule has 0 saturated carbocycles. The SMILES string of the molecule is CC(Cl)c1nc(-c2ncc(Cl)cc2Cl)no1. The Kier molecular flexibility index (Phi) is 3.33. The van der Waals surface area contributed by atoms with E-state index < -0.39 is 0 Å². The van der Waals surface area contributed by atoms with Gasteiger partial charge in [0.2, 0.25) is 11.7 Å². The van der Waals surface area contributed by atoms with Crippen LogP contribution >= 0.6 is 34.8 Å². The summed E-state index contributed by atoms with van der Waals surface area (Å²) in [6.07, 6.45) is 1.46. The van der Waals surface area contributed by atoms with Crippen LogP contribution in [0.4, 0.5) is 0 Å². The third-order valence-electron chi connectivity index (χ3n) is 1.80. The molecule has 0 radical (unpaired) electrons. The van der Waals surface area contributed by atoms with Crippen molar-refractivity contribution in [3.8, 4) is 11.5 Å². The van der Waals surface area contributed by atoms with E-state index in [1.54, 1.807) is 13.0 Å². The molecule has 0 fully saturated rings. The van der Waals surface area contributed by atoms with Gasteiger partial charge in [-0.2, -0.15) is 4.98 Å². The highest BCUT2D eigenvalue weighted by atomic mass is 35.5. The summed E-state index contributed by atoms with van der Waals surface area (Å²) in [5, 5.41) is 4.19. The van der Waals surface area contributed by atoms with Crippen molar-refractivity contribution in [3.63, 3.8) is 0 Å². The first-order valence-electron chi connectivity index (χ1n) is 4.37. The Hall–Kier alpha value is -0.840. The molecule has 2 rings (SSSR count). The van der Waals surface area contributed by atoms with E-state index in [9.17, 15) is 0 Å². The number of pyridine rings is 1. The van der Waals surface area contributed by atoms with Crippen LogP contribution in [0, 0.1) is 0 Å². The molecule has 0 bridgehead atoms. The molecule has 0 aliphatic heterocycles. The van der Waals surface area contributed by atoms with E-state index in [1.165, 1.54) is 6.20 Å². The number of hydrogen-bond donors (Lipinski definition) is 0. The number of aromatic nitrogens is 3. The molecule has 2 aromatic rings. The van der Waals surface area contributed by atoms with Crippen LogP contribution in [0.25, 0.3) is 11.5 Å². The fraction of sp³-hybridized carbons (Fsp3) is 0.222. The van der Waals surface area contributed by atoms with Gasteiger partial charge in [-0.1, -0.05) is 28.4 Å². The van der Waals surface area contributed by atoms with Crippen LogP contribution in [0.1, 0.15) is 18.2 Å². The Labute approximate surface area is 107 Å². The molecule has 1 unspecified atom stereocenters. The Balaban J connectivity index is 2.42. The highest BCUT2D eigenvalue weighted by Crippen LogP contribution is 2.27. The van der Waals surface area contributed by atoms with Gasteiger partial charge in [-0.25, -0.2) is 4.98 Å². The maximum Gasteiger partial charge on any atom is 0.244 e. The van der Waals surface area contributed by atoms with E-state index in [2.05, 4.69) is 15.1 Å². The van der Waals surface area contributed by atoms with Crippen molar-refractivity contribution in [2.45, 2.75) is 12.3 Å². The Morgan fingerprint density at radius 2 is 2.12 bits per heavy atom. The van der Waals surface area contributed by atoms with Crippen molar-refractivity contribution >= 4 is 34.8 Å². The van der Waals surface area contributed by atoms with E-state index in [1.807, 2.05) is 0 Å². The number of hydrogen-bond acceptors (Lipinski definition) is 4. The monoisotopic (exact) mass is 277 g/mol. The van der Waals surface area contributed by atoms with Crippen molar-refractivity contribution in [1.82, 2.24) is 15.1 Å². The molecular weight excluding hydrogens is 272 g/mol. The fourth-order valence-electron chi connectivity index (χ4n) is 1.07. The van der Waals surface area contributed by atoms with Crippen molar-refractivity contribution in [3.05, 3.63) is 28.2 Å². The first kappa shape index (κ1) is 11.6. The number of nitrogens with zero attached hydrogens (tertiary/aromatic N) is 3. The molecule has 2 heterocycles. The third-order valence-corrected chi connectivity index (χ3v) is 2.48. The van der Waals surface area contributed by atoms with Crippen molar-refractivity contribution < 1.29 is 4.52 Å². The molecular formula is C9H6Cl3N3O. The predicted octanol–water partition coefficient (Wildman–Crippen LogP) is 3.74. The second-order valence-electron chi connectivity index (χ2n) is 3.06. The maximum atomic E-state index is 5.95. The minimum atomic E-state index is -0.354. The number of rotatable bonds is 2. The Morgan fingerprint density at radius 3 is 2.69 bits per heavy atom. The highest BCUT2D eigenvalue weighted by Gasteiger charge is 2.16. The van der Waals surface area contributed by atoms with Crippen LogP contribution in [0.2, 0.25) is 10.0 Å². The summed E-state index contributed by atoms with van der Waals surface area (Å²) in [4.78, 5) is 8.10. The van der Waals surface area contributed by atoms with Crippen LogP contribution < -0.4 is 0 Å². The smallest absolute Gasteiger partial charge is 0.244 e. The lowest BCUT2D eigenvalue weighted by molar-refractivity contribution is 0.379. The molecule has 0 saturated heterocycles. The first-order valence-corrected chi connectivity index (χ1v) is 5.56. The van der Waals surface area contributed by atoms with Crippen molar-refractivity contribution in [2.75, 3.05) is 0 Å². The van der Waals surface area contributed by atoms with Gasteiger partial charge in [0.05, 0.1) is 10.0 Å². The average Bonchev–Trinajstić information content (AvgIpc) is 2.66. The van der Waals surface area contributed by atoms with Gasteiger partial charge >= 0.3 is 0 Å². The van der Waals surface area contributed by atoms with Gasteiger partial charge in [-0.3, -0.25) is 0 Å². The molecule has 4 nitrogen and oxygen atoms in total. The zero-order chi connectivity index (χ0) is 11.7. The van der Waals surface area contributed by atoms with Crippen LogP contribution in [0.3, 0.4) is 0 Å². The number of alkyl halides is 1. The van der Waals surface area contributed by atoms with Crippen molar-refractivity contribution in [1.29, 1.82) is 0 Å². The summed E-state index contributed by atoms with van der Waals surface area (Å²) in [5.74, 6) is 0.619. The van der Waals surface area contributed by atoms with E-state index in [4.69, 9.17) is 39.3 Å². The summed E-state index contributed by atoms with van der Waals surface area (Å²) in [7, 11) is 0. The quantitative estimate of drug-likeness (QED) is 0.785. The summed E-state index contributed by atoms with van der Waals surface area (Å²) < 4.78 is 4.94. The van der Waals surface area contributed by atoms with E-state index in [0.29, 0.717) is 27.5 Å². The molecule has 0 aliphatic rings. The van der Waals surface area contributed by atoms with Crippen LogP contribution in [0.15, 0.2) is 16.8 Å². The van der Waals surface area contributed by atoms with Gasteiger partial charge in [0.1, 0.15) is 11.1 Å². The second-order valence-corrected chi connectivity index (χ2v) is 4.55. The van der Waals surface area contributed by atoms with E-state index in [-0.39, 0.29) is 5.38 Å². The molecule has 2 aromatic heterocycles. The average molecular weight is 279 g/mol. The lowest BCUT2D eigenvalue weighted by atomic mass is 10.3. The lowest BCUT2D eigenvalue weighted by Crippen LogP contribution is -1.88. The molecule has 0 N–H and O–H groups in total. The molecule has 0 spiro atoms. The zero-order valence-electron chi connectivity index (χ0n) is 8.12. The predicted molar refractivity (Wildman–Crippen MR) is 61.8 cm³/mol. The summed E-state index contributed by atoms with van der Waals surface area (Å²) in [5.41, 5.74) is 0.415. The first-order chi connectivity index (χ1) is 7.58. The molecule has 16 heavy (non-hydrogen) atoms. The van der Waals surface area contributed by atoms with E-state index >= 15 is 0 Å². The van der Waals surface area contributed by atoms with Gasteiger partial charge in [0.15, 0.2) is 0 Å². The zero-order valence-corrected chi connectivity index (χ0v) is 10.4. The van der Waals surface area contributed by atoms with Gasteiger partial charge in [0.25, 0.3) is 0 Å². The van der Waals surface area contributed by atoms with Gasteiger partial charge in [-0.05, 0) is 13.0 Å². The highest BCUT2D eigenvalue weighted by molar-refractivity contribution is 6.35. The molecule has 0 aromatic carbocycles. The molecule has 1 atom stereocenters. The maximum absolute atomic E-state index is 5.95. The largest absolute Gasteiger partial charge is 0.337 e. The van der Waals surface area contributed by atoms with Crippen molar-refractivity contribution in [2.24, 2.45) is 0 Å². The normalized spacial score (nSPS) is 12.8. The van der Waals surface area contributed by atoms with Gasteiger partial charge in [-0.15, -0.1) is 11.6 Å². The fourth-order valence-corrected chi connectivity index (χ4v) is 1.63. The van der Waals surface area contributed by atoms with Crippen LogP contribution in [-0.2, 0) is 0 Å². The molecule has 0 amide bonds. The number of halogens is 3. The van der Waals surface area contributed by atoms with Gasteiger partial charge in [0, 0.05) is 6.20 Å². The Morgan fingerprint density at radius 1 is 1.38 bits per heavy atom. The molecule has 84 valence electrons. The summed E-state index contributed by atoms with van der Waals surface area (Å²) >= 11 is 17.5. The second kappa shape index (κ2) is 4.57. The minimum absolute atomic E-state index is 0.296. The van der Waals surface area contributed by atoms with Crippen LogP contribution in [0.5, 0.6) is 0 Å². The van der Waals surface area contributed by atoms with Crippen LogP contribution in [-0.4, -0.2) is 15.1 Å². The third kappa shape index (κ3) is 2.29. The Bertz CT molecular complexity index is 512. The minimum Gasteiger partial charge on any atom is -0.337 e. The topological polar surface area (TPSA) is 51.8 Å².